The topological polar surface area (TPSA) is 75.6 Å². The van der Waals surface area contributed by atoms with E-state index in [0.717, 1.165) is 10.6 Å². The van der Waals surface area contributed by atoms with E-state index in [9.17, 15) is 9.59 Å². The number of methoxy groups -OCH3 is 1. The van der Waals surface area contributed by atoms with Crippen LogP contribution in [0.25, 0.3) is 0 Å². The molecule has 6 heteroatoms. The fourth-order valence-electron chi connectivity index (χ4n) is 1.76. The number of ether oxygens (including phenoxy) is 1. The minimum absolute atomic E-state index is 0.140. The van der Waals surface area contributed by atoms with Gasteiger partial charge in [0.25, 0.3) is 0 Å². The summed E-state index contributed by atoms with van der Waals surface area (Å²) < 4.78 is 5.06. The molecule has 5 nitrogen and oxygen atoms in total. The Morgan fingerprint density at radius 2 is 2.00 bits per heavy atom. The van der Waals surface area contributed by atoms with E-state index < -0.39 is 11.4 Å². The van der Waals surface area contributed by atoms with Crippen LogP contribution in [0.1, 0.15) is 12.8 Å². The third-order valence-electron chi connectivity index (χ3n) is 3.36. The number of hydrogen-bond acceptors (Lipinski definition) is 4. The molecule has 1 aromatic carbocycles. The molecule has 0 radical (unpaired) electrons. The Bertz CT molecular complexity index is 496. The number of carbonyl (C=O) groups excluding carboxylic acids is 1. The SMILES string of the molecule is COc1ccc(SCC(=O)NCC2(C(=O)O)CC2)cc1. The average Bonchev–Trinajstić information content (AvgIpc) is 3.25. The van der Waals surface area contributed by atoms with Gasteiger partial charge in [-0.3, -0.25) is 9.59 Å². The van der Waals surface area contributed by atoms with Crippen LogP contribution in [-0.4, -0.2) is 36.4 Å². The third-order valence-corrected chi connectivity index (χ3v) is 4.37. The van der Waals surface area contributed by atoms with Crippen molar-refractivity contribution in [1.29, 1.82) is 0 Å². The van der Waals surface area contributed by atoms with Crippen molar-refractivity contribution in [1.82, 2.24) is 5.32 Å². The zero-order valence-electron chi connectivity index (χ0n) is 11.2. The van der Waals surface area contributed by atoms with E-state index in [-0.39, 0.29) is 18.2 Å². The van der Waals surface area contributed by atoms with E-state index in [2.05, 4.69) is 5.32 Å². The van der Waals surface area contributed by atoms with Gasteiger partial charge in [-0.25, -0.2) is 0 Å². The normalized spacial score (nSPS) is 15.4. The molecule has 0 aliphatic heterocycles. The van der Waals surface area contributed by atoms with Crippen molar-refractivity contribution in [3.63, 3.8) is 0 Å². The highest BCUT2D eigenvalue weighted by molar-refractivity contribution is 8.00. The quantitative estimate of drug-likeness (QED) is 0.750. The van der Waals surface area contributed by atoms with Gasteiger partial charge in [-0.2, -0.15) is 0 Å². The average molecular weight is 295 g/mol. The van der Waals surface area contributed by atoms with Crippen molar-refractivity contribution in [3.8, 4) is 5.75 Å². The number of nitrogens with one attached hydrogen (secondary N) is 1. The number of thioether (sulfide) groups is 1. The van der Waals surface area contributed by atoms with Gasteiger partial charge < -0.3 is 15.2 Å². The number of rotatable bonds is 7. The number of hydrogen-bond donors (Lipinski definition) is 2. The van der Waals surface area contributed by atoms with Crippen molar-refractivity contribution in [2.75, 3.05) is 19.4 Å². The second-order valence-corrected chi connectivity index (χ2v) is 5.88. The predicted molar refractivity (Wildman–Crippen MR) is 76.0 cm³/mol. The number of aliphatic carboxylic acids is 1. The molecule has 20 heavy (non-hydrogen) atoms. The zero-order valence-corrected chi connectivity index (χ0v) is 12.0. The number of benzene rings is 1. The van der Waals surface area contributed by atoms with Gasteiger partial charge in [0, 0.05) is 11.4 Å². The van der Waals surface area contributed by atoms with E-state index in [4.69, 9.17) is 9.84 Å². The number of amides is 1. The second-order valence-electron chi connectivity index (χ2n) is 4.83. The molecule has 0 unspecified atom stereocenters. The number of carboxylic acid groups (broad SMARTS) is 1. The molecular formula is C14H17NO4S. The molecule has 0 heterocycles. The van der Waals surface area contributed by atoms with Gasteiger partial charge >= 0.3 is 5.97 Å². The molecule has 2 N–H and O–H groups in total. The van der Waals surface area contributed by atoms with Crippen LogP contribution in [0.3, 0.4) is 0 Å². The molecule has 108 valence electrons. The van der Waals surface area contributed by atoms with Gasteiger partial charge in [-0.15, -0.1) is 11.8 Å². The van der Waals surface area contributed by atoms with Crippen molar-refractivity contribution < 1.29 is 19.4 Å². The van der Waals surface area contributed by atoms with E-state index in [1.165, 1.54) is 11.8 Å². The third kappa shape index (κ3) is 3.66. The molecule has 0 bridgehead atoms. The number of carboxylic acids is 1. The summed E-state index contributed by atoms with van der Waals surface area (Å²) in [5, 5.41) is 11.7. The summed E-state index contributed by atoms with van der Waals surface area (Å²) in [6.07, 6.45) is 1.29. The van der Waals surface area contributed by atoms with Crippen LogP contribution in [-0.2, 0) is 9.59 Å². The molecule has 0 saturated heterocycles. The van der Waals surface area contributed by atoms with Gasteiger partial charge in [0.1, 0.15) is 5.75 Å². The standard InChI is InChI=1S/C14H17NO4S/c1-19-10-2-4-11(5-3-10)20-8-12(16)15-9-14(6-7-14)13(17)18/h2-5H,6-9H2,1H3,(H,15,16)(H,17,18). The molecular weight excluding hydrogens is 278 g/mol. The molecule has 0 spiro atoms. The van der Waals surface area contributed by atoms with Crippen LogP contribution in [0.2, 0.25) is 0 Å². The first-order chi connectivity index (χ1) is 9.55. The fourth-order valence-corrected chi connectivity index (χ4v) is 2.49. The Hall–Kier alpha value is -1.69. The lowest BCUT2D eigenvalue weighted by Gasteiger charge is -2.11. The van der Waals surface area contributed by atoms with Crippen molar-refractivity contribution in [3.05, 3.63) is 24.3 Å². The Morgan fingerprint density at radius 1 is 1.35 bits per heavy atom. The molecule has 1 aliphatic carbocycles. The van der Waals surface area contributed by atoms with Gasteiger partial charge in [-0.1, -0.05) is 0 Å². The maximum Gasteiger partial charge on any atom is 0.311 e. The fraction of sp³-hybridized carbons (Fsp3) is 0.429. The molecule has 1 saturated carbocycles. The minimum atomic E-state index is -0.819. The molecule has 0 atom stereocenters. The highest BCUT2D eigenvalue weighted by atomic mass is 32.2. The first-order valence-corrected chi connectivity index (χ1v) is 7.31. The van der Waals surface area contributed by atoms with E-state index in [0.29, 0.717) is 12.8 Å². The summed E-state index contributed by atoms with van der Waals surface area (Å²) in [4.78, 5) is 23.6. The molecule has 1 fully saturated rings. The predicted octanol–water partition coefficient (Wildman–Crippen LogP) is 1.77. The molecule has 1 aliphatic rings. The summed E-state index contributed by atoms with van der Waals surface area (Å²) in [7, 11) is 1.60. The van der Waals surface area contributed by atoms with Crippen LogP contribution in [0, 0.1) is 5.41 Å². The zero-order chi connectivity index (χ0) is 14.6. The summed E-state index contributed by atoms with van der Waals surface area (Å²) in [5.41, 5.74) is -0.708. The minimum Gasteiger partial charge on any atom is -0.497 e. The summed E-state index contributed by atoms with van der Waals surface area (Å²) in [5.74, 6) is 0.0945. The molecule has 1 aromatic rings. The first kappa shape index (κ1) is 14.7. The largest absolute Gasteiger partial charge is 0.497 e. The lowest BCUT2D eigenvalue weighted by atomic mass is 10.1. The van der Waals surface area contributed by atoms with E-state index >= 15 is 0 Å². The summed E-state index contributed by atoms with van der Waals surface area (Å²) in [6, 6.07) is 7.44. The van der Waals surface area contributed by atoms with Crippen LogP contribution in [0.15, 0.2) is 29.2 Å². The second kappa shape index (κ2) is 6.17. The van der Waals surface area contributed by atoms with Crippen LogP contribution >= 0.6 is 11.8 Å². The Balaban J connectivity index is 1.73. The van der Waals surface area contributed by atoms with Crippen molar-refractivity contribution >= 4 is 23.6 Å². The van der Waals surface area contributed by atoms with Gasteiger partial charge in [0.15, 0.2) is 0 Å². The highest BCUT2D eigenvalue weighted by Gasteiger charge is 2.50. The van der Waals surface area contributed by atoms with Gasteiger partial charge in [-0.05, 0) is 37.1 Å². The van der Waals surface area contributed by atoms with E-state index in [1.807, 2.05) is 24.3 Å². The Labute approximate surface area is 121 Å². The summed E-state index contributed by atoms with van der Waals surface area (Å²) >= 11 is 1.41. The van der Waals surface area contributed by atoms with Crippen molar-refractivity contribution in [2.24, 2.45) is 5.41 Å². The van der Waals surface area contributed by atoms with Crippen LogP contribution in [0.4, 0.5) is 0 Å². The first-order valence-electron chi connectivity index (χ1n) is 6.33. The lowest BCUT2D eigenvalue weighted by Crippen LogP contribution is -2.35. The van der Waals surface area contributed by atoms with Crippen molar-refractivity contribution in [2.45, 2.75) is 17.7 Å². The Morgan fingerprint density at radius 3 is 2.50 bits per heavy atom. The highest BCUT2D eigenvalue weighted by Crippen LogP contribution is 2.45. The Kier molecular flexibility index (Phi) is 4.54. The van der Waals surface area contributed by atoms with Gasteiger partial charge in [0.05, 0.1) is 18.3 Å². The van der Waals surface area contributed by atoms with Crippen LogP contribution < -0.4 is 10.1 Å². The molecule has 1 amide bonds. The number of carbonyl (C=O) groups is 2. The van der Waals surface area contributed by atoms with Gasteiger partial charge in [0.2, 0.25) is 5.91 Å². The molecule has 2 rings (SSSR count). The lowest BCUT2D eigenvalue weighted by molar-refractivity contribution is -0.143. The monoisotopic (exact) mass is 295 g/mol. The molecule has 0 aromatic heterocycles. The van der Waals surface area contributed by atoms with Crippen LogP contribution in [0.5, 0.6) is 5.75 Å². The smallest absolute Gasteiger partial charge is 0.311 e. The summed E-state index contributed by atoms with van der Waals surface area (Å²) in [6.45, 7) is 0.227. The maximum atomic E-state index is 11.7. The maximum absolute atomic E-state index is 11.7. The van der Waals surface area contributed by atoms with E-state index in [1.54, 1.807) is 7.11 Å².